The zero-order valence-corrected chi connectivity index (χ0v) is 15.3. The smallest absolute Gasteiger partial charge is 0.131 e. The number of ether oxygens (including phenoxy) is 2. The summed E-state index contributed by atoms with van der Waals surface area (Å²) in [6.45, 7) is 0. The number of rotatable bonds is 1. The lowest BCUT2D eigenvalue weighted by molar-refractivity contribution is 0.447. The van der Waals surface area contributed by atoms with Gasteiger partial charge in [-0.3, -0.25) is 0 Å². The van der Waals surface area contributed by atoms with Gasteiger partial charge in [-0.05, 0) is 35.4 Å². The molecule has 2 aliphatic heterocycles. The van der Waals surface area contributed by atoms with Crippen LogP contribution in [-0.4, -0.2) is 0 Å². The highest BCUT2D eigenvalue weighted by atomic mass is 16.5. The van der Waals surface area contributed by atoms with Gasteiger partial charge in [-0.15, -0.1) is 0 Å². The van der Waals surface area contributed by atoms with Crippen molar-refractivity contribution in [3.63, 3.8) is 0 Å². The summed E-state index contributed by atoms with van der Waals surface area (Å²) < 4.78 is 12.5. The summed E-state index contributed by atoms with van der Waals surface area (Å²) in [5.41, 5.74) is 6.19. The largest absolute Gasteiger partial charge is 0.457 e. The van der Waals surface area contributed by atoms with Crippen LogP contribution < -0.4 is 9.47 Å². The van der Waals surface area contributed by atoms with E-state index in [0.29, 0.717) is 0 Å². The van der Waals surface area contributed by atoms with Gasteiger partial charge < -0.3 is 9.47 Å². The molecule has 0 bridgehead atoms. The average Bonchev–Trinajstić information content (AvgIpc) is 2.76. The van der Waals surface area contributed by atoms with Crippen LogP contribution >= 0.6 is 0 Å². The van der Waals surface area contributed by atoms with Crippen molar-refractivity contribution in [2.75, 3.05) is 0 Å². The van der Waals surface area contributed by atoms with Crippen LogP contribution in [0.15, 0.2) is 91.0 Å². The van der Waals surface area contributed by atoms with Gasteiger partial charge in [-0.1, -0.05) is 66.7 Å². The molecule has 0 spiro atoms. The Balaban J connectivity index is 1.58. The molecule has 0 unspecified atom stereocenters. The van der Waals surface area contributed by atoms with Gasteiger partial charge in [0.25, 0.3) is 0 Å². The minimum atomic E-state index is 0.130. The molecule has 0 radical (unpaired) electrons. The minimum Gasteiger partial charge on any atom is -0.457 e. The van der Waals surface area contributed by atoms with E-state index in [1.54, 1.807) is 0 Å². The molecule has 4 aromatic rings. The third kappa shape index (κ3) is 2.28. The van der Waals surface area contributed by atoms with E-state index >= 15 is 0 Å². The van der Waals surface area contributed by atoms with Crippen LogP contribution in [0.25, 0.3) is 0 Å². The van der Waals surface area contributed by atoms with Crippen molar-refractivity contribution in [3.8, 4) is 23.0 Å². The van der Waals surface area contributed by atoms with Crippen LogP contribution in [0.4, 0.5) is 0 Å². The molecule has 0 fully saturated rings. The van der Waals surface area contributed by atoms with Gasteiger partial charge in [0.2, 0.25) is 0 Å². The molecule has 0 aliphatic carbocycles. The summed E-state index contributed by atoms with van der Waals surface area (Å²) >= 11 is 0. The Morgan fingerprint density at radius 1 is 0.500 bits per heavy atom. The van der Waals surface area contributed by atoms with E-state index in [9.17, 15) is 0 Å². The monoisotopic (exact) mass is 362 g/mol. The number of fused-ring (bicyclic) bond motifs is 4. The molecule has 0 saturated carbocycles. The van der Waals surface area contributed by atoms with Gasteiger partial charge in [0.1, 0.15) is 23.0 Å². The second-order valence-electron chi connectivity index (χ2n) is 7.32. The van der Waals surface area contributed by atoms with Gasteiger partial charge in [0, 0.05) is 29.0 Å². The molecule has 28 heavy (non-hydrogen) atoms. The lowest BCUT2D eigenvalue weighted by Gasteiger charge is -2.31. The first-order valence-corrected chi connectivity index (χ1v) is 9.62. The second kappa shape index (κ2) is 6.00. The maximum Gasteiger partial charge on any atom is 0.131 e. The highest BCUT2D eigenvalue weighted by Gasteiger charge is 2.31. The molecular weight excluding hydrogens is 344 g/mol. The Bertz CT molecular complexity index is 1160. The summed E-state index contributed by atoms with van der Waals surface area (Å²) in [5.74, 6) is 3.91. The van der Waals surface area contributed by atoms with Crippen molar-refractivity contribution in [1.82, 2.24) is 0 Å². The SMILES string of the molecule is c1ccc2c(c1)Cc1c(cccc1C1c3ccccc3Oc3ccccc31)O2. The van der Waals surface area contributed by atoms with E-state index in [4.69, 9.17) is 9.47 Å². The first-order valence-electron chi connectivity index (χ1n) is 9.62. The van der Waals surface area contributed by atoms with Crippen LogP contribution in [0.5, 0.6) is 23.0 Å². The van der Waals surface area contributed by atoms with E-state index in [1.165, 1.54) is 27.8 Å². The molecule has 2 heterocycles. The zero-order valence-electron chi connectivity index (χ0n) is 15.3. The van der Waals surface area contributed by atoms with Gasteiger partial charge in [0.15, 0.2) is 0 Å². The van der Waals surface area contributed by atoms with Crippen LogP contribution in [0.2, 0.25) is 0 Å². The number of para-hydroxylation sites is 3. The average molecular weight is 362 g/mol. The first-order chi connectivity index (χ1) is 13.9. The predicted octanol–water partition coefficient (Wildman–Crippen LogP) is 6.67. The number of hydrogen-bond acceptors (Lipinski definition) is 2. The summed E-state index contributed by atoms with van der Waals surface area (Å²) in [5, 5.41) is 0. The second-order valence-corrected chi connectivity index (χ2v) is 7.32. The third-order valence-corrected chi connectivity index (χ3v) is 5.72. The summed E-state index contributed by atoms with van der Waals surface area (Å²) in [7, 11) is 0. The van der Waals surface area contributed by atoms with Gasteiger partial charge in [-0.25, -0.2) is 0 Å². The first kappa shape index (κ1) is 15.5. The molecule has 0 atom stereocenters. The van der Waals surface area contributed by atoms with E-state index in [0.717, 1.165) is 29.4 Å². The lowest BCUT2D eigenvalue weighted by atomic mass is 9.79. The molecule has 2 heteroatoms. The maximum absolute atomic E-state index is 6.25. The molecule has 0 N–H and O–H groups in total. The van der Waals surface area contributed by atoms with Crippen LogP contribution in [0.3, 0.4) is 0 Å². The Morgan fingerprint density at radius 3 is 1.79 bits per heavy atom. The van der Waals surface area contributed by atoms with Crippen molar-refractivity contribution in [3.05, 3.63) is 119 Å². The third-order valence-electron chi connectivity index (χ3n) is 5.72. The molecule has 6 rings (SSSR count). The quantitative estimate of drug-likeness (QED) is 0.325. The molecule has 2 aliphatic rings. The van der Waals surface area contributed by atoms with Crippen LogP contribution in [0.1, 0.15) is 33.7 Å². The highest BCUT2D eigenvalue weighted by molar-refractivity contribution is 5.62. The summed E-state index contributed by atoms with van der Waals surface area (Å²) in [6.07, 6.45) is 0.878. The maximum atomic E-state index is 6.25. The van der Waals surface area contributed by atoms with E-state index in [1.807, 2.05) is 24.3 Å². The van der Waals surface area contributed by atoms with Crippen molar-refractivity contribution in [2.45, 2.75) is 12.3 Å². The van der Waals surface area contributed by atoms with Crippen molar-refractivity contribution < 1.29 is 9.47 Å². The normalized spacial score (nSPS) is 14.0. The van der Waals surface area contributed by atoms with Crippen molar-refractivity contribution >= 4 is 0 Å². The van der Waals surface area contributed by atoms with E-state index < -0.39 is 0 Å². The fourth-order valence-corrected chi connectivity index (χ4v) is 4.44. The van der Waals surface area contributed by atoms with E-state index in [2.05, 4.69) is 66.7 Å². The van der Waals surface area contributed by atoms with Crippen molar-refractivity contribution in [1.29, 1.82) is 0 Å². The minimum absolute atomic E-state index is 0.130. The van der Waals surface area contributed by atoms with Gasteiger partial charge in [-0.2, -0.15) is 0 Å². The summed E-state index contributed by atoms with van der Waals surface area (Å²) in [6, 6.07) is 31.4. The molecular formula is C26H18O2. The molecule has 0 aromatic heterocycles. The Hall–Kier alpha value is -3.52. The predicted molar refractivity (Wildman–Crippen MR) is 110 cm³/mol. The summed E-state index contributed by atoms with van der Waals surface area (Å²) in [4.78, 5) is 0. The fourth-order valence-electron chi connectivity index (χ4n) is 4.44. The highest BCUT2D eigenvalue weighted by Crippen LogP contribution is 2.50. The Kier molecular flexibility index (Phi) is 3.33. The van der Waals surface area contributed by atoms with Crippen molar-refractivity contribution in [2.24, 2.45) is 0 Å². The topological polar surface area (TPSA) is 18.5 Å². The standard InChI is InChI=1S/C26H18O2/c1-4-12-22-17(8-1)16-21-18(11-7-15-25(21)27-22)26-19-9-2-5-13-23(19)28-24-14-6-3-10-20(24)26/h1-15,26H,16H2. The molecule has 0 amide bonds. The Labute approximate surface area is 164 Å². The van der Waals surface area contributed by atoms with Gasteiger partial charge in [0.05, 0.1) is 0 Å². The van der Waals surface area contributed by atoms with Gasteiger partial charge >= 0.3 is 0 Å². The zero-order chi connectivity index (χ0) is 18.5. The lowest BCUT2D eigenvalue weighted by Crippen LogP contribution is -2.15. The van der Waals surface area contributed by atoms with Crippen LogP contribution in [-0.2, 0) is 6.42 Å². The number of hydrogen-bond donors (Lipinski definition) is 0. The van der Waals surface area contributed by atoms with Crippen LogP contribution in [0, 0.1) is 0 Å². The fraction of sp³-hybridized carbons (Fsp3) is 0.0769. The molecule has 134 valence electrons. The molecule has 0 saturated heterocycles. The molecule has 4 aromatic carbocycles. The Morgan fingerprint density at radius 2 is 1.04 bits per heavy atom. The number of benzene rings is 4. The van der Waals surface area contributed by atoms with E-state index in [-0.39, 0.29) is 5.92 Å². The molecule has 2 nitrogen and oxygen atoms in total.